The lowest BCUT2D eigenvalue weighted by atomic mass is 10.1. The first-order valence-electron chi connectivity index (χ1n) is 7.53. The zero-order valence-electron chi connectivity index (χ0n) is 12.9. The molecule has 0 atom stereocenters. The third-order valence-electron chi connectivity index (χ3n) is 3.88. The molecule has 4 nitrogen and oxygen atoms in total. The Morgan fingerprint density at radius 2 is 1.72 bits per heavy atom. The minimum atomic E-state index is -0.859. The molecule has 122 valence electrons. The molecule has 0 aliphatic heterocycles. The molecule has 0 aliphatic rings. The van der Waals surface area contributed by atoms with Crippen LogP contribution in [0, 0.1) is 11.6 Å². The molecule has 4 aromatic rings. The maximum atomic E-state index is 14.2. The molecule has 0 aliphatic carbocycles. The van der Waals surface area contributed by atoms with Crippen molar-refractivity contribution in [3.63, 3.8) is 0 Å². The number of halogens is 2. The van der Waals surface area contributed by atoms with Gasteiger partial charge in [0.2, 0.25) is 0 Å². The standard InChI is InChI=1S/C19H11F2N3O/c20-13-7-8-17(16(21)10-13)24-19(25)15-6-2-1-5-14(15)18(23-24)12-4-3-9-22-11-12/h1-11H. The molecular formula is C19H11F2N3O. The predicted octanol–water partition coefficient (Wildman–Crippen LogP) is 3.73. The third-order valence-corrected chi connectivity index (χ3v) is 3.88. The Balaban J connectivity index is 2.10. The first kappa shape index (κ1) is 15.1. The normalized spacial score (nSPS) is 11.0. The Hall–Kier alpha value is -3.41. The van der Waals surface area contributed by atoms with Crippen molar-refractivity contribution >= 4 is 10.8 Å². The molecule has 0 N–H and O–H groups in total. The second-order valence-corrected chi connectivity index (χ2v) is 5.45. The van der Waals surface area contributed by atoms with E-state index in [1.165, 1.54) is 6.07 Å². The third kappa shape index (κ3) is 2.57. The van der Waals surface area contributed by atoms with Gasteiger partial charge in [-0.25, -0.2) is 8.78 Å². The van der Waals surface area contributed by atoms with Gasteiger partial charge in [-0.3, -0.25) is 9.78 Å². The second-order valence-electron chi connectivity index (χ2n) is 5.45. The van der Waals surface area contributed by atoms with E-state index in [2.05, 4.69) is 10.1 Å². The van der Waals surface area contributed by atoms with Crippen molar-refractivity contribution in [2.24, 2.45) is 0 Å². The molecule has 0 bridgehead atoms. The molecule has 0 spiro atoms. The van der Waals surface area contributed by atoms with E-state index in [9.17, 15) is 13.6 Å². The van der Waals surface area contributed by atoms with Crippen molar-refractivity contribution in [2.75, 3.05) is 0 Å². The van der Waals surface area contributed by atoms with Gasteiger partial charge in [0.05, 0.1) is 5.39 Å². The van der Waals surface area contributed by atoms with E-state index in [-0.39, 0.29) is 5.69 Å². The van der Waals surface area contributed by atoms with E-state index in [4.69, 9.17) is 0 Å². The van der Waals surface area contributed by atoms with Gasteiger partial charge >= 0.3 is 0 Å². The van der Waals surface area contributed by atoms with Crippen LogP contribution in [-0.2, 0) is 0 Å². The van der Waals surface area contributed by atoms with Crippen LogP contribution in [0.1, 0.15) is 0 Å². The summed E-state index contributed by atoms with van der Waals surface area (Å²) < 4.78 is 28.4. The van der Waals surface area contributed by atoms with E-state index < -0.39 is 17.2 Å². The van der Waals surface area contributed by atoms with Crippen molar-refractivity contribution < 1.29 is 8.78 Å². The van der Waals surface area contributed by atoms with Gasteiger partial charge in [-0.2, -0.15) is 9.78 Å². The van der Waals surface area contributed by atoms with Gasteiger partial charge in [-0.15, -0.1) is 0 Å². The van der Waals surface area contributed by atoms with E-state index in [1.54, 1.807) is 48.8 Å². The Morgan fingerprint density at radius 1 is 0.920 bits per heavy atom. The lowest BCUT2D eigenvalue weighted by Crippen LogP contribution is -2.23. The van der Waals surface area contributed by atoms with Gasteiger partial charge in [0.1, 0.15) is 17.2 Å². The Kier molecular flexibility index (Phi) is 3.57. The maximum Gasteiger partial charge on any atom is 0.279 e. The first-order valence-corrected chi connectivity index (χ1v) is 7.53. The Morgan fingerprint density at radius 3 is 2.44 bits per heavy atom. The van der Waals surface area contributed by atoms with Crippen molar-refractivity contribution in [1.82, 2.24) is 14.8 Å². The van der Waals surface area contributed by atoms with E-state index in [1.807, 2.05) is 0 Å². The molecule has 2 aromatic carbocycles. The van der Waals surface area contributed by atoms with Crippen LogP contribution in [0.2, 0.25) is 0 Å². The molecule has 0 radical (unpaired) electrons. The molecule has 0 unspecified atom stereocenters. The topological polar surface area (TPSA) is 47.8 Å². The van der Waals surface area contributed by atoms with Crippen LogP contribution in [0.5, 0.6) is 0 Å². The zero-order chi connectivity index (χ0) is 17.4. The lowest BCUT2D eigenvalue weighted by Gasteiger charge is -2.11. The highest BCUT2D eigenvalue weighted by Gasteiger charge is 2.15. The summed E-state index contributed by atoms with van der Waals surface area (Å²) in [4.78, 5) is 16.8. The number of pyridine rings is 1. The number of benzene rings is 2. The van der Waals surface area contributed by atoms with Crippen LogP contribution in [0.15, 0.2) is 71.8 Å². The first-order chi connectivity index (χ1) is 12.1. The average Bonchev–Trinajstić information content (AvgIpc) is 2.64. The lowest BCUT2D eigenvalue weighted by molar-refractivity contribution is 0.571. The molecule has 25 heavy (non-hydrogen) atoms. The molecule has 2 heterocycles. The molecule has 4 rings (SSSR count). The minimum absolute atomic E-state index is 0.109. The van der Waals surface area contributed by atoms with E-state index in [0.717, 1.165) is 16.8 Å². The summed E-state index contributed by atoms with van der Waals surface area (Å²) >= 11 is 0. The van der Waals surface area contributed by atoms with Gasteiger partial charge in [0.25, 0.3) is 5.56 Å². The fourth-order valence-electron chi connectivity index (χ4n) is 2.72. The van der Waals surface area contributed by atoms with Gasteiger partial charge in [0.15, 0.2) is 5.82 Å². The SMILES string of the molecule is O=c1c2ccccc2c(-c2cccnc2)nn1-c1ccc(F)cc1F. The summed E-state index contributed by atoms with van der Waals surface area (Å²) in [7, 11) is 0. The molecule has 0 amide bonds. The molecule has 2 aromatic heterocycles. The van der Waals surface area contributed by atoms with Gasteiger partial charge < -0.3 is 0 Å². The maximum absolute atomic E-state index is 14.2. The Bertz CT molecular complexity index is 1140. The summed E-state index contributed by atoms with van der Waals surface area (Å²) in [5.41, 5.74) is 0.595. The number of hydrogen-bond donors (Lipinski definition) is 0. The zero-order valence-corrected chi connectivity index (χ0v) is 12.9. The summed E-state index contributed by atoms with van der Waals surface area (Å²) in [6.07, 6.45) is 3.24. The number of nitrogens with zero attached hydrogens (tertiary/aromatic N) is 3. The van der Waals surface area contributed by atoms with Gasteiger partial charge in [0, 0.05) is 29.4 Å². The van der Waals surface area contributed by atoms with Crippen LogP contribution < -0.4 is 5.56 Å². The van der Waals surface area contributed by atoms with E-state index in [0.29, 0.717) is 22.0 Å². The Labute approximate surface area is 141 Å². The van der Waals surface area contributed by atoms with Crippen molar-refractivity contribution in [3.05, 3.63) is 89.0 Å². The largest absolute Gasteiger partial charge is 0.279 e. The number of rotatable bonds is 2. The number of fused-ring (bicyclic) bond motifs is 1. The molecule has 6 heteroatoms. The summed E-state index contributed by atoms with van der Waals surface area (Å²) in [6.45, 7) is 0. The van der Waals surface area contributed by atoms with Crippen LogP contribution in [0.4, 0.5) is 8.78 Å². The predicted molar refractivity (Wildman–Crippen MR) is 90.5 cm³/mol. The molecule has 0 saturated heterocycles. The van der Waals surface area contributed by atoms with Gasteiger partial charge in [-0.05, 0) is 30.3 Å². The van der Waals surface area contributed by atoms with Crippen molar-refractivity contribution in [2.45, 2.75) is 0 Å². The van der Waals surface area contributed by atoms with E-state index >= 15 is 0 Å². The summed E-state index contributed by atoms with van der Waals surface area (Å²) in [6, 6.07) is 13.5. The highest BCUT2D eigenvalue weighted by atomic mass is 19.1. The minimum Gasteiger partial charge on any atom is -0.267 e. The fourth-order valence-corrected chi connectivity index (χ4v) is 2.72. The van der Waals surface area contributed by atoms with Crippen molar-refractivity contribution in [1.29, 1.82) is 0 Å². The number of hydrogen-bond acceptors (Lipinski definition) is 3. The molecular weight excluding hydrogens is 324 g/mol. The quantitative estimate of drug-likeness (QED) is 0.561. The summed E-state index contributed by atoms with van der Waals surface area (Å²) in [5, 5.41) is 5.36. The smallest absolute Gasteiger partial charge is 0.267 e. The molecule has 0 fully saturated rings. The van der Waals surface area contributed by atoms with Crippen LogP contribution >= 0.6 is 0 Å². The van der Waals surface area contributed by atoms with Crippen LogP contribution in [0.25, 0.3) is 27.7 Å². The van der Waals surface area contributed by atoms with Crippen molar-refractivity contribution in [3.8, 4) is 16.9 Å². The number of aromatic nitrogens is 3. The molecule has 0 saturated carbocycles. The highest BCUT2D eigenvalue weighted by molar-refractivity contribution is 5.93. The van der Waals surface area contributed by atoms with Gasteiger partial charge in [-0.1, -0.05) is 18.2 Å². The average molecular weight is 335 g/mol. The highest BCUT2D eigenvalue weighted by Crippen LogP contribution is 2.25. The monoisotopic (exact) mass is 335 g/mol. The second kappa shape index (κ2) is 5.90. The fraction of sp³-hybridized carbons (Fsp3) is 0. The summed E-state index contributed by atoms with van der Waals surface area (Å²) in [5.74, 6) is -1.58. The van der Waals surface area contributed by atoms with Crippen LogP contribution in [0.3, 0.4) is 0 Å². The van der Waals surface area contributed by atoms with Crippen LogP contribution in [-0.4, -0.2) is 14.8 Å².